The molecule has 0 fully saturated rings. The lowest BCUT2D eigenvalue weighted by Crippen LogP contribution is -2.29. The molecule has 2 aromatic rings. The number of nitrogens with two attached hydrogens (primary N) is 1. The molecule has 3 nitrogen and oxygen atoms in total. The minimum absolute atomic E-state index is 0.0732. The van der Waals surface area contributed by atoms with E-state index in [1.54, 1.807) is 22.7 Å². The largest absolute Gasteiger partial charge is 0.322 e. The fourth-order valence-corrected chi connectivity index (χ4v) is 3.21. The summed E-state index contributed by atoms with van der Waals surface area (Å²) in [7, 11) is 0. The number of aromatic nitrogens is 1. The first-order valence-corrected chi connectivity index (χ1v) is 7.49. The number of thiazole rings is 1. The van der Waals surface area contributed by atoms with Crippen LogP contribution in [0.1, 0.15) is 35.3 Å². The number of hydrogen-bond donors (Lipinski definition) is 2. The Bertz CT molecular complexity index is 411. The Balaban J connectivity index is 1.88. The summed E-state index contributed by atoms with van der Waals surface area (Å²) in [4.78, 5) is 5.57. The van der Waals surface area contributed by atoms with Gasteiger partial charge in [0.2, 0.25) is 0 Å². The summed E-state index contributed by atoms with van der Waals surface area (Å²) in [6.45, 7) is 2.95. The van der Waals surface area contributed by atoms with Crippen LogP contribution in [0.15, 0.2) is 29.1 Å². The highest BCUT2D eigenvalue weighted by atomic mass is 32.1. The van der Waals surface area contributed by atoms with Crippen LogP contribution >= 0.6 is 22.7 Å². The van der Waals surface area contributed by atoms with E-state index in [2.05, 4.69) is 28.7 Å². The van der Waals surface area contributed by atoms with Crippen molar-refractivity contribution in [2.24, 2.45) is 5.73 Å². The number of rotatable bonds is 6. The predicted octanol–water partition coefficient (Wildman–Crippen LogP) is 2.95. The fourth-order valence-electron chi connectivity index (χ4n) is 1.68. The Kier molecular flexibility index (Phi) is 4.67. The van der Waals surface area contributed by atoms with E-state index < -0.39 is 0 Å². The van der Waals surface area contributed by atoms with Crippen molar-refractivity contribution in [3.63, 3.8) is 0 Å². The van der Waals surface area contributed by atoms with E-state index in [0.29, 0.717) is 6.04 Å². The van der Waals surface area contributed by atoms with Crippen LogP contribution in [0.3, 0.4) is 0 Å². The molecular weight excluding hydrogens is 250 g/mol. The van der Waals surface area contributed by atoms with Crippen LogP contribution in [0.25, 0.3) is 0 Å². The Morgan fingerprint density at radius 3 is 2.88 bits per heavy atom. The summed E-state index contributed by atoms with van der Waals surface area (Å²) in [5.41, 5.74) is 6.13. The lowest BCUT2D eigenvalue weighted by Gasteiger charge is -2.17. The van der Waals surface area contributed by atoms with Crippen LogP contribution in [-0.4, -0.2) is 11.5 Å². The molecule has 0 bridgehead atoms. The Morgan fingerprint density at radius 2 is 2.29 bits per heavy atom. The van der Waals surface area contributed by atoms with Crippen molar-refractivity contribution in [1.82, 2.24) is 10.3 Å². The van der Waals surface area contributed by atoms with Gasteiger partial charge in [0, 0.05) is 23.0 Å². The van der Waals surface area contributed by atoms with Crippen LogP contribution in [0, 0.1) is 0 Å². The van der Waals surface area contributed by atoms with Crippen LogP contribution in [-0.2, 0) is 0 Å². The molecule has 0 aliphatic heterocycles. The van der Waals surface area contributed by atoms with Crippen LogP contribution in [0.5, 0.6) is 0 Å². The van der Waals surface area contributed by atoms with E-state index in [9.17, 15) is 0 Å². The molecule has 0 saturated carbocycles. The summed E-state index contributed by atoms with van der Waals surface area (Å²) in [5, 5.41) is 8.71. The summed E-state index contributed by atoms with van der Waals surface area (Å²) in [6, 6.07) is 4.52. The molecule has 92 valence electrons. The monoisotopic (exact) mass is 267 g/mol. The van der Waals surface area contributed by atoms with Crippen LogP contribution < -0.4 is 11.1 Å². The molecule has 3 N–H and O–H groups in total. The number of nitrogens with zero attached hydrogens (tertiary/aromatic N) is 1. The molecule has 2 heterocycles. The predicted molar refractivity (Wildman–Crippen MR) is 74.4 cm³/mol. The highest BCUT2D eigenvalue weighted by molar-refractivity contribution is 7.10. The van der Waals surface area contributed by atoms with Gasteiger partial charge in [-0.1, -0.05) is 13.0 Å². The van der Waals surface area contributed by atoms with Gasteiger partial charge in [-0.25, -0.2) is 4.98 Å². The molecule has 5 heteroatoms. The highest BCUT2D eigenvalue weighted by Gasteiger charge is 2.14. The zero-order valence-corrected chi connectivity index (χ0v) is 11.4. The third-order valence-electron chi connectivity index (χ3n) is 2.65. The molecule has 0 aromatic carbocycles. The van der Waals surface area contributed by atoms with Crippen molar-refractivity contribution in [2.45, 2.75) is 25.4 Å². The third-order valence-corrected chi connectivity index (χ3v) is 4.54. The average Bonchev–Trinajstić information content (AvgIpc) is 3.02. The van der Waals surface area contributed by atoms with Gasteiger partial charge in [0.15, 0.2) is 0 Å². The van der Waals surface area contributed by atoms with Gasteiger partial charge < -0.3 is 11.1 Å². The number of nitrogens with one attached hydrogen (secondary N) is 1. The maximum absolute atomic E-state index is 6.13. The molecule has 2 aromatic heterocycles. The zero-order chi connectivity index (χ0) is 12.1. The number of thiophene rings is 1. The lowest BCUT2D eigenvalue weighted by atomic mass is 10.2. The summed E-state index contributed by atoms with van der Waals surface area (Å²) in [5.74, 6) is 0. The van der Waals surface area contributed by atoms with Gasteiger partial charge in [0.1, 0.15) is 5.01 Å². The molecule has 2 rings (SSSR count). The second-order valence-electron chi connectivity index (χ2n) is 3.86. The first-order chi connectivity index (χ1) is 8.31. The van der Waals surface area contributed by atoms with Crippen LogP contribution in [0.4, 0.5) is 0 Å². The van der Waals surface area contributed by atoms with E-state index in [1.807, 2.05) is 17.6 Å². The van der Waals surface area contributed by atoms with Gasteiger partial charge in [0.05, 0.1) is 12.1 Å². The second-order valence-corrected chi connectivity index (χ2v) is 5.77. The van der Waals surface area contributed by atoms with E-state index in [4.69, 9.17) is 5.73 Å². The fraction of sp³-hybridized carbons (Fsp3) is 0.417. The molecular formula is C12H17N3S2. The summed E-state index contributed by atoms with van der Waals surface area (Å²) < 4.78 is 0. The lowest BCUT2D eigenvalue weighted by molar-refractivity contribution is 0.489. The molecule has 17 heavy (non-hydrogen) atoms. The standard InChI is InChI=1S/C12H17N3S2/c1-2-10(12-14-5-7-17-12)15-8-9(13)11-4-3-6-16-11/h3-7,9-10,15H,2,8,13H2,1H3. The van der Waals surface area contributed by atoms with Crippen molar-refractivity contribution in [2.75, 3.05) is 6.54 Å². The van der Waals surface area contributed by atoms with Gasteiger partial charge in [-0.05, 0) is 17.9 Å². The minimum atomic E-state index is 0.0732. The molecule has 0 aliphatic rings. The summed E-state index contributed by atoms with van der Waals surface area (Å²) >= 11 is 3.40. The van der Waals surface area contributed by atoms with Gasteiger partial charge in [-0.3, -0.25) is 0 Å². The second kappa shape index (κ2) is 6.26. The minimum Gasteiger partial charge on any atom is -0.322 e. The molecule has 0 amide bonds. The van der Waals surface area contributed by atoms with Gasteiger partial charge in [0.25, 0.3) is 0 Å². The molecule has 0 aliphatic carbocycles. The number of hydrogen-bond acceptors (Lipinski definition) is 5. The zero-order valence-electron chi connectivity index (χ0n) is 9.80. The SMILES string of the molecule is CCC(NCC(N)c1cccs1)c1nccs1. The van der Waals surface area contributed by atoms with E-state index in [-0.39, 0.29) is 6.04 Å². The Labute approximate surface area is 110 Å². The Morgan fingerprint density at radius 1 is 1.41 bits per heavy atom. The van der Waals surface area contributed by atoms with Crippen molar-refractivity contribution in [3.05, 3.63) is 39.0 Å². The molecule has 0 spiro atoms. The van der Waals surface area contributed by atoms with Crippen LogP contribution in [0.2, 0.25) is 0 Å². The highest BCUT2D eigenvalue weighted by Crippen LogP contribution is 2.21. The first kappa shape index (κ1) is 12.7. The van der Waals surface area contributed by atoms with E-state index >= 15 is 0 Å². The summed E-state index contributed by atoms with van der Waals surface area (Å²) in [6.07, 6.45) is 2.88. The topological polar surface area (TPSA) is 50.9 Å². The van der Waals surface area contributed by atoms with Gasteiger partial charge in [-0.2, -0.15) is 0 Å². The third kappa shape index (κ3) is 3.35. The normalized spacial score (nSPS) is 14.7. The van der Waals surface area contributed by atoms with E-state index in [1.165, 1.54) is 4.88 Å². The maximum atomic E-state index is 6.13. The average molecular weight is 267 g/mol. The van der Waals surface area contributed by atoms with Crippen molar-refractivity contribution in [3.8, 4) is 0 Å². The smallest absolute Gasteiger partial charge is 0.109 e. The molecule has 0 saturated heterocycles. The quantitative estimate of drug-likeness (QED) is 0.846. The van der Waals surface area contributed by atoms with Crippen molar-refractivity contribution < 1.29 is 0 Å². The molecule has 2 atom stereocenters. The Hall–Kier alpha value is -0.750. The maximum Gasteiger partial charge on any atom is 0.109 e. The van der Waals surface area contributed by atoms with Crippen molar-refractivity contribution in [1.29, 1.82) is 0 Å². The van der Waals surface area contributed by atoms with E-state index in [0.717, 1.165) is 18.0 Å². The van der Waals surface area contributed by atoms with Gasteiger partial charge in [-0.15, -0.1) is 22.7 Å². The molecule has 0 radical (unpaired) electrons. The van der Waals surface area contributed by atoms with Gasteiger partial charge >= 0.3 is 0 Å². The van der Waals surface area contributed by atoms with Crippen molar-refractivity contribution >= 4 is 22.7 Å². The first-order valence-electron chi connectivity index (χ1n) is 5.73. The molecule has 2 unspecified atom stereocenters.